The number of rotatable bonds is 7. The minimum Gasteiger partial charge on any atom is -0.496 e. The predicted octanol–water partition coefficient (Wildman–Crippen LogP) is 1.35. The van der Waals surface area contributed by atoms with Gasteiger partial charge in [-0.25, -0.2) is 0 Å². The van der Waals surface area contributed by atoms with Crippen molar-refractivity contribution in [3.63, 3.8) is 0 Å². The normalized spacial score (nSPS) is 10.3. The first kappa shape index (κ1) is 15.8. The molecule has 1 rings (SSSR count). The Labute approximate surface area is 119 Å². The van der Waals surface area contributed by atoms with Crippen LogP contribution >= 0.6 is 0 Å². The van der Waals surface area contributed by atoms with Gasteiger partial charge in [0.15, 0.2) is 0 Å². The summed E-state index contributed by atoms with van der Waals surface area (Å²) in [5.41, 5.74) is 0.806. The summed E-state index contributed by atoms with van der Waals surface area (Å²) in [5, 5.41) is 5.20. The van der Waals surface area contributed by atoms with Gasteiger partial charge in [0, 0.05) is 18.2 Å². The Morgan fingerprint density at radius 2 is 2.00 bits per heavy atom. The van der Waals surface area contributed by atoms with Gasteiger partial charge in [-0.1, -0.05) is 25.1 Å². The fourth-order valence-electron chi connectivity index (χ4n) is 1.52. The molecule has 20 heavy (non-hydrogen) atoms. The van der Waals surface area contributed by atoms with Gasteiger partial charge < -0.3 is 15.4 Å². The van der Waals surface area contributed by atoms with Gasteiger partial charge in [0.05, 0.1) is 13.7 Å². The summed E-state index contributed by atoms with van der Waals surface area (Å²) < 4.78 is 5.17. The lowest BCUT2D eigenvalue weighted by Gasteiger charge is -2.04. The molecule has 0 saturated carbocycles. The molecule has 5 nitrogen and oxygen atoms in total. The zero-order valence-electron chi connectivity index (χ0n) is 11.8. The van der Waals surface area contributed by atoms with Crippen molar-refractivity contribution in [1.29, 1.82) is 0 Å². The summed E-state index contributed by atoms with van der Waals surface area (Å²) in [7, 11) is 1.57. The molecule has 108 valence electrons. The molecule has 0 fully saturated rings. The van der Waals surface area contributed by atoms with Crippen LogP contribution in [0.3, 0.4) is 0 Å². The molecular weight excluding hydrogens is 256 g/mol. The Morgan fingerprint density at radius 3 is 2.70 bits per heavy atom. The molecule has 0 radical (unpaired) electrons. The van der Waals surface area contributed by atoms with Crippen LogP contribution in [0.4, 0.5) is 0 Å². The maximum absolute atomic E-state index is 11.6. The van der Waals surface area contributed by atoms with Crippen LogP contribution in [-0.2, 0) is 9.59 Å². The second kappa shape index (κ2) is 8.74. The lowest BCUT2D eigenvalue weighted by atomic mass is 10.2. The Balaban J connectivity index is 2.45. The quantitative estimate of drug-likeness (QED) is 0.739. The highest BCUT2D eigenvalue weighted by atomic mass is 16.5. The zero-order chi connectivity index (χ0) is 14.8. The van der Waals surface area contributed by atoms with E-state index in [-0.39, 0.29) is 18.4 Å². The number of carbonyl (C=O) groups excluding carboxylic acids is 2. The zero-order valence-corrected chi connectivity index (χ0v) is 11.8. The van der Waals surface area contributed by atoms with E-state index in [1.54, 1.807) is 13.2 Å². The number of nitrogens with one attached hydrogen (secondary N) is 2. The van der Waals surface area contributed by atoms with Crippen LogP contribution in [0.25, 0.3) is 6.08 Å². The number of hydrogen-bond acceptors (Lipinski definition) is 3. The van der Waals surface area contributed by atoms with Crippen molar-refractivity contribution in [2.75, 3.05) is 20.2 Å². The van der Waals surface area contributed by atoms with Gasteiger partial charge in [0.25, 0.3) is 0 Å². The topological polar surface area (TPSA) is 67.4 Å². The Morgan fingerprint density at radius 1 is 1.25 bits per heavy atom. The summed E-state index contributed by atoms with van der Waals surface area (Å²) in [4.78, 5) is 22.9. The molecule has 0 aromatic heterocycles. The molecule has 2 N–H and O–H groups in total. The molecule has 0 unspecified atom stereocenters. The van der Waals surface area contributed by atoms with Crippen molar-refractivity contribution in [3.8, 4) is 5.75 Å². The number of methoxy groups -OCH3 is 1. The van der Waals surface area contributed by atoms with Crippen LogP contribution < -0.4 is 15.4 Å². The Bertz CT molecular complexity index is 484. The number of para-hydroxylation sites is 1. The summed E-state index contributed by atoms with van der Waals surface area (Å²) in [6.45, 7) is 2.57. The molecule has 0 aliphatic carbocycles. The first-order chi connectivity index (χ1) is 9.67. The second-order valence-electron chi connectivity index (χ2n) is 4.14. The standard InChI is InChI=1S/C15H20N2O3/c1-3-10-16-15(19)11-17-14(18)9-8-12-6-4-5-7-13(12)20-2/h4-9H,3,10-11H2,1-2H3,(H,16,19)(H,17,18)/b9-8+. The highest BCUT2D eigenvalue weighted by molar-refractivity contribution is 5.94. The number of benzene rings is 1. The van der Waals surface area contributed by atoms with Gasteiger partial charge in [-0.2, -0.15) is 0 Å². The molecule has 2 amide bonds. The van der Waals surface area contributed by atoms with Crippen molar-refractivity contribution in [1.82, 2.24) is 10.6 Å². The van der Waals surface area contributed by atoms with Gasteiger partial charge in [0.2, 0.25) is 11.8 Å². The van der Waals surface area contributed by atoms with Gasteiger partial charge in [-0.3, -0.25) is 9.59 Å². The van der Waals surface area contributed by atoms with Crippen LogP contribution in [0.5, 0.6) is 5.75 Å². The van der Waals surface area contributed by atoms with Crippen LogP contribution in [0.2, 0.25) is 0 Å². The highest BCUT2D eigenvalue weighted by Gasteiger charge is 2.02. The summed E-state index contributed by atoms with van der Waals surface area (Å²) >= 11 is 0. The first-order valence-corrected chi connectivity index (χ1v) is 6.53. The number of carbonyl (C=O) groups is 2. The van der Waals surface area contributed by atoms with Crippen molar-refractivity contribution >= 4 is 17.9 Å². The molecule has 1 aromatic carbocycles. The smallest absolute Gasteiger partial charge is 0.244 e. The maximum atomic E-state index is 11.6. The van der Waals surface area contributed by atoms with E-state index in [2.05, 4.69) is 10.6 Å². The van der Waals surface area contributed by atoms with Crippen LogP contribution in [-0.4, -0.2) is 32.0 Å². The van der Waals surface area contributed by atoms with E-state index in [0.29, 0.717) is 12.3 Å². The maximum Gasteiger partial charge on any atom is 0.244 e. The monoisotopic (exact) mass is 276 g/mol. The molecule has 5 heteroatoms. The third-order valence-corrected chi connectivity index (χ3v) is 2.55. The van der Waals surface area contributed by atoms with Crippen molar-refractivity contribution in [3.05, 3.63) is 35.9 Å². The predicted molar refractivity (Wildman–Crippen MR) is 78.3 cm³/mol. The van der Waals surface area contributed by atoms with E-state index in [1.165, 1.54) is 6.08 Å². The second-order valence-corrected chi connectivity index (χ2v) is 4.14. The lowest BCUT2D eigenvalue weighted by molar-refractivity contribution is -0.123. The molecule has 0 saturated heterocycles. The van der Waals surface area contributed by atoms with Crippen LogP contribution in [0, 0.1) is 0 Å². The molecule has 0 heterocycles. The van der Waals surface area contributed by atoms with Crippen LogP contribution in [0.1, 0.15) is 18.9 Å². The Hall–Kier alpha value is -2.30. The number of amides is 2. The van der Waals surface area contributed by atoms with Crippen LogP contribution in [0.15, 0.2) is 30.3 Å². The fraction of sp³-hybridized carbons (Fsp3) is 0.333. The van der Waals surface area contributed by atoms with E-state index in [1.807, 2.05) is 31.2 Å². The SMILES string of the molecule is CCCNC(=O)CNC(=O)/C=C/c1ccccc1OC. The van der Waals surface area contributed by atoms with E-state index >= 15 is 0 Å². The third kappa shape index (κ3) is 5.56. The molecular formula is C15H20N2O3. The van der Waals surface area contributed by atoms with Gasteiger partial charge in [-0.05, 0) is 18.6 Å². The summed E-state index contributed by atoms with van der Waals surface area (Å²) in [6.07, 6.45) is 3.90. The minimum absolute atomic E-state index is 0.0188. The fourth-order valence-corrected chi connectivity index (χ4v) is 1.52. The molecule has 1 aromatic rings. The molecule has 0 aliphatic rings. The van der Waals surface area contributed by atoms with E-state index in [4.69, 9.17) is 4.74 Å². The third-order valence-electron chi connectivity index (χ3n) is 2.55. The van der Waals surface area contributed by atoms with Crippen molar-refractivity contribution < 1.29 is 14.3 Å². The van der Waals surface area contributed by atoms with Gasteiger partial charge in [0.1, 0.15) is 5.75 Å². The number of ether oxygens (including phenoxy) is 1. The molecule has 0 bridgehead atoms. The summed E-state index contributed by atoms with van der Waals surface area (Å²) in [5.74, 6) is 0.186. The molecule has 0 spiro atoms. The lowest BCUT2D eigenvalue weighted by Crippen LogP contribution is -2.36. The van der Waals surface area contributed by atoms with E-state index < -0.39 is 0 Å². The molecule has 0 aliphatic heterocycles. The number of hydrogen-bond donors (Lipinski definition) is 2. The first-order valence-electron chi connectivity index (χ1n) is 6.53. The van der Waals surface area contributed by atoms with Gasteiger partial charge >= 0.3 is 0 Å². The van der Waals surface area contributed by atoms with Crippen molar-refractivity contribution in [2.24, 2.45) is 0 Å². The van der Waals surface area contributed by atoms with E-state index in [0.717, 1.165) is 12.0 Å². The molecule has 0 atom stereocenters. The summed E-state index contributed by atoms with van der Waals surface area (Å²) in [6, 6.07) is 7.37. The Kier molecular flexibility index (Phi) is 6.89. The minimum atomic E-state index is -0.317. The van der Waals surface area contributed by atoms with Crippen molar-refractivity contribution in [2.45, 2.75) is 13.3 Å². The van der Waals surface area contributed by atoms with Gasteiger partial charge in [-0.15, -0.1) is 0 Å². The average Bonchev–Trinajstić information content (AvgIpc) is 2.48. The van der Waals surface area contributed by atoms with E-state index in [9.17, 15) is 9.59 Å². The highest BCUT2D eigenvalue weighted by Crippen LogP contribution is 2.18. The average molecular weight is 276 g/mol. The largest absolute Gasteiger partial charge is 0.496 e.